The summed E-state index contributed by atoms with van der Waals surface area (Å²) in [6.07, 6.45) is 4.22. The first-order valence-electron chi connectivity index (χ1n) is 5.08. The number of carbonyl (C=O) groups is 1. The summed E-state index contributed by atoms with van der Waals surface area (Å²) >= 11 is 0. The largest absolute Gasteiger partial charge is 0.478 e. The van der Waals surface area contributed by atoms with E-state index in [4.69, 9.17) is 5.11 Å². The van der Waals surface area contributed by atoms with Gasteiger partial charge in [0.15, 0.2) is 0 Å². The summed E-state index contributed by atoms with van der Waals surface area (Å²) in [4.78, 5) is 12.9. The molecule has 0 amide bonds. The van der Waals surface area contributed by atoms with Crippen LogP contribution in [0.15, 0.2) is 11.6 Å². The Hall–Kier alpha value is -0.830. The summed E-state index contributed by atoms with van der Waals surface area (Å²) in [7, 11) is 0. The topological polar surface area (TPSA) is 40.5 Å². The highest BCUT2D eigenvalue weighted by Gasteiger charge is 2.30. The second kappa shape index (κ2) is 4.13. The average Bonchev–Trinajstić information content (AvgIpc) is 2.40. The van der Waals surface area contributed by atoms with E-state index in [1.807, 2.05) is 0 Å². The number of aliphatic carboxylic acids is 1. The van der Waals surface area contributed by atoms with Crippen LogP contribution in [-0.2, 0) is 4.79 Å². The highest BCUT2D eigenvalue weighted by atomic mass is 16.4. The lowest BCUT2D eigenvalue weighted by atomic mass is 10.0. The SMILES string of the molecule is CC(=CCN1CCCC1(C)C)C(=O)O. The van der Waals surface area contributed by atoms with Crippen molar-refractivity contribution in [3.63, 3.8) is 0 Å². The Morgan fingerprint density at radius 3 is 2.64 bits per heavy atom. The standard InChI is InChI=1S/C11H19NO2/c1-9(10(13)14)5-8-12-7-4-6-11(12,2)3/h5H,4,6-8H2,1-3H3,(H,13,14). The smallest absolute Gasteiger partial charge is 0.330 e. The lowest BCUT2D eigenvalue weighted by Crippen LogP contribution is -2.38. The van der Waals surface area contributed by atoms with Crippen molar-refractivity contribution >= 4 is 5.97 Å². The zero-order valence-corrected chi connectivity index (χ0v) is 9.21. The van der Waals surface area contributed by atoms with Crippen molar-refractivity contribution in [2.75, 3.05) is 13.1 Å². The molecule has 0 spiro atoms. The van der Waals surface area contributed by atoms with Gasteiger partial charge in [-0.1, -0.05) is 6.08 Å². The zero-order valence-electron chi connectivity index (χ0n) is 9.21. The lowest BCUT2D eigenvalue weighted by molar-refractivity contribution is -0.132. The molecule has 3 nitrogen and oxygen atoms in total. The van der Waals surface area contributed by atoms with Gasteiger partial charge < -0.3 is 5.11 Å². The average molecular weight is 197 g/mol. The summed E-state index contributed by atoms with van der Waals surface area (Å²) in [6, 6.07) is 0. The van der Waals surface area contributed by atoms with Crippen molar-refractivity contribution in [2.45, 2.75) is 39.2 Å². The molecule has 0 radical (unpaired) electrons. The molecule has 1 aliphatic heterocycles. The molecule has 0 saturated carbocycles. The van der Waals surface area contributed by atoms with E-state index in [1.165, 1.54) is 12.8 Å². The van der Waals surface area contributed by atoms with Crippen molar-refractivity contribution in [1.82, 2.24) is 4.90 Å². The van der Waals surface area contributed by atoms with Crippen LogP contribution in [0.1, 0.15) is 33.6 Å². The van der Waals surface area contributed by atoms with Crippen molar-refractivity contribution in [3.8, 4) is 0 Å². The number of hydrogen-bond donors (Lipinski definition) is 1. The molecule has 0 atom stereocenters. The van der Waals surface area contributed by atoms with Crippen LogP contribution in [0.2, 0.25) is 0 Å². The van der Waals surface area contributed by atoms with Gasteiger partial charge in [0.2, 0.25) is 0 Å². The molecule has 1 rings (SSSR count). The fraction of sp³-hybridized carbons (Fsp3) is 0.727. The third-order valence-electron chi connectivity index (χ3n) is 3.03. The van der Waals surface area contributed by atoms with E-state index >= 15 is 0 Å². The second-order valence-electron chi connectivity index (χ2n) is 4.55. The first-order valence-corrected chi connectivity index (χ1v) is 5.08. The molecule has 0 bridgehead atoms. The van der Waals surface area contributed by atoms with Gasteiger partial charge in [0.25, 0.3) is 0 Å². The van der Waals surface area contributed by atoms with Crippen LogP contribution >= 0.6 is 0 Å². The van der Waals surface area contributed by atoms with Gasteiger partial charge in [-0.15, -0.1) is 0 Å². The first-order chi connectivity index (χ1) is 6.43. The van der Waals surface area contributed by atoms with E-state index in [0.29, 0.717) is 5.57 Å². The van der Waals surface area contributed by atoms with E-state index in [-0.39, 0.29) is 5.54 Å². The lowest BCUT2D eigenvalue weighted by Gasteiger charge is -2.30. The number of nitrogens with zero attached hydrogens (tertiary/aromatic N) is 1. The monoisotopic (exact) mass is 197 g/mol. The van der Waals surface area contributed by atoms with Gasteiger partial charge in [0, 0.05) is 17.7 Å². The van der Waals surface area contributed by atoms with Gasteiger partial charge in [-0.05, 0) is 40.2 Å². The van der Waals surface area contributed by atoms with Crippen LogP contribution in [-0.4, -0.2) is 34.6 Å². The van der Waals surface area contributed by atoms with Crippen molar-refractivity contribution in [1.29, 1.82) is 0 Å². The Morgan fingerprint density at radius 1 is 1.57 bits per heavy atom. The van der Waals surface area contributed by atoms with Crippen LogP contribution < -0.4 is 0 Å². The summed E-state index contributed by atoms with van der Waals surface area (Å²) in [5, 5.41) is 8.70. The number of rotatable bonds is 3. The Bertz CT molecular complexity index is 256. The molecule has 0 aromatic rings. The zero-order chi connectivity index (χ0) is 10.8. The molecule has 0 unspecified atom stereocenters. The second-order valence-corrected chi connectivity index (χ2v) is 4.55. The molecule has 3 heteroatoms. The molecule has 80 valence electrons. The maximum absolute atomic E-state index is 10.6. The quantitative estimate of drug-likeness (QED) is 0.702. The summed E-state index contributed by atoms with van der Waals surface area (Å²) in [5.41, 5.74) is 0.669. The Kier molecular flexibility index (Phi) is 3.32. The predicted molar refractivity (Wildman–Crippen MR) is 56.3 cm³/mol. The molecule has 1 N–H and O–H groups in total. The normalized spacial score (nSPS) is 22.6. The van der Waals surface area contributed by atoms with E-state index in [0.717, 1.165) is 13.1 Å². The molecule has 1 fully saturated rings. The third kappa shape index (κ3) is 2.58. The fourth-order valence-corrected chi connectivity index (χ4v) is 1.84. The van der Waals surface area contributed by atoms with Crippen molar-refractivity contribution in [2.24, 2.45) is 0 Å². The molecule has 0 aliphatic carbocycles. The van der Waals surface area contributed by atoms with Crippen molar-refractivity contribution in [3.05, 3.63) is 11.6 Å². The van der Waals surface area contributed by atoms with Crippen LogP contribution in [0.25, 0.3) is 0 Å². The van der Waals surface area contributed by atoms with Gasteiger partial charge in [-0.3, -0.25) is 4.90 Å². The minimum atomic E-state index is -0.818. The molecular formula is C11H19NO2. The van der Waals surface area contributed by atoms with Crippen molar-refractivity contribution < 1.29 is 9.90 Å². The molecule has 1 aliphatic rings. The number of carboxylic acid groups (broad SMARTS) is 1. The van der Waals surface area contributed by atoms with E-state index in [1.54, 1.807) is 13.0 Å². The van der Waals surface area contributed by atoms with E-state index in [9.17, 15) is 4.79 Å². The van der Waals surface area contributed by atoms with Gasteiger partial charge in [0.1, 0.15) is 0 Å². The van der Waals surface area contributed by atoms with Gasteiger partial charge in [0.05, 0.1) is 0 Å². The number of hydrogen-bond acceptors (Lipinski definition) is 2. The summed E-state index contributed by atoms with van der Waals surface area (Å²) in [6.45, 7) is 7.90. The third-order valence-corrected chi connectivity index (χ3v) is 3.03. The molecule has 0 aromatic carbocycles. The van der Waals surface area contributed by atoms with Gasteiger partial charge in [-0.2, -0.15) is 0 Å². The number of carboxylic acids is 1. The van der Waals surface area contributed by atoms with E-state index < -0.39 is 5.97 Å². The Morgan fingerprint density at radius 2 is 2.21 bits per heavy atom. The minimum Gasteiger partial charge on any atom is -0.478 e. The van der Waals surface area contributed by atoms with Gasteiger partial charge >= 0.3 is 5.97 Å². The summed E-state index contributed by atoms with van der Waals surface area (Å²) in [5.74, 6) is -0.818. The predicted octanol–water partition coefficient (Wildman–Crippen LogP) is 1.89. The maximum atomic E-state index is 10.6. The number of likely N-dealkylation sites (tertiary alicyclic amines) is 1. The van der Waals surface area contributed by atoms with Crippen LogP contribution in [0.3, 0.4) is 0 Å². The first kappa shape index (κ1) is 11.2. The Balaban J connectivity index is 2.53. The fourth-order valence-electron chi connectivity index (χ4n) is 1.84. The van der Waals surface area contributed by atoms with Crippen LogP contribution in [0.5, 0.6) is 0 Å². The molecule has 1 heterocycles. The molecule has 14 heavy (non-hydrogen) atoms. The maximum Gasteiger partial charge on any atom is 0.330 e. The van der Waals surface area contributed by atoms with E-state index in [2.05, 4.69) is 18.7 Å². The minimum absolute atomic E-state index is 0.231. The highest BCUT2D eigenvalue weighted by molar-refractivity contribution is 5.85. The van der Waals surface area contributed by atoms with Gasteiger partial charge in [-0.25, -0.2) is 4.79 Å². The summed E-state index contributed by atoms with van der Waals surface area (Å²) < 4.78 is 0. The molecule has 1 saturated heterocycles. The Labute approximate surface area is 85.4 Å². The highest BCUT2D eigenvalue weighted by Crippen LogP contribution is 2.27. The molecular weight excluding hydrogens is 178 g/mol. The van der Waals surface area contributed by atoms with Crippen LogP contribution in [0, 0.1) is 0 Å². The van der Waals surface area contributed by atoms with Crippen LogP contribution in [0.4, 0.5) is 0 Å². The molecule has 0 aromatic heterocycles.